The van der Waals surface area contributed by atoms with E-state index in [1.54, 1.807) is 0 Å². The van der Waals surface area contributed by atoms with Gasteiger partial charge < -0.3 is 5.11 Å². The van der Waals surface area contributed by atoms with Crippen LogP contribution >= 0.6 is 15.9 Å². The van der Waals surface area contributed by atoms with Crippen LogP contribution in [0.15, 0.2) is 18.2 Å². The topological polar surface area (TPSA) is 20.2 Å². The van der Waals surface area contributed by atoms with E-state index in [1.807, 2.05) is 0 Å². The molecule has 6 heteroatoms. The lowest BCUT2D eigenvalue weighted by Crippen LogP contribution is -2.12. The summed E-state index contributed by atoms with van der Waals surface area (Å²) < 4.78 is 50.1. The molecule has 1 nitrogen and oxygen atoms in total. The second-order valence-corrected chi connectivity index (χ2v) is 3.52. The van der Waals surface area contributed by atoms with E-state index in [9.17, 15) is 22.7 Å². The first-order valence-corrected chi connectivity index (χ1v) is 5.09. The Morgan fingerprint density at radius 3 is 2.40 bits per heavy atom. The Hall–Kier alpha value is -0.620. The van der Waals surface area contributed by atoms with Crippen molar-refractivity contribution in [3.05, 3.63) is 35.1 Å². The summed E-state index contributed by atoms with van der Waals surface area (Å²) in [5.41, 5.74) is -1.72. The summed E-state index contributed by atoms with van der Waals surface area (Å²) >= 11 is 2.86. The van der Waals surface area contributed by atoms with Crippen molar-refractivity contribution in [2.24, 2.45) is 0 Å². The third-order valence-electron chi connectivity index (χ3n) is 1.84. The van der Waals surface area contributed by atoms with Gasteiger partial charge in [0.15, 0.2) is 0 Å². The van der Waals surface area contributed by atoms with E-state index in [0.717, 1.165) is 12.1 Å². The van der Waals surface area contributed by atoms with Crippen LogP contribution in [-0.4, -0.2) is 10.4 Å². The van der Waals surface area contributed by atoms with Crippen LogP contribution in [-0.2, 0) is 6.18 Å². The van der Waals surface area contributed by atoms with Crippen molar-refractivity contribution in [2.45, 2.75) is 12.3 Å². The summed E-state index contributed by atoms with van der Waals surface area (Å²) in [5, 5.41) is 9.22. The third-order valence-corrected chi connectivity index (χ3v) is 2.45. The molecule has 0 aromatic heterocycles. The molecule has 1 N–H and O–H groups in total. The second kappa shape index (κ2) is 4.49. The van der Waals surface area contributed by atoms with E-state index in [4.69, 9.17) is 0 Å². The summed E-state index contributed by atoms with van der Waals surface area (Å²) in [6.45, 7) is 0. The number of halogens is 5. The first-order valence-electron chi connectivity index (χ1n) is 3.97. The molecule has 0 amide bonds. The number of alkyl halides is 4. The molecule has 0 aliphatic heterocycles. The van der Waals surface area contributed by atoms with Crippen molar-refractivity contribution >= 4 is 15.9 Å². The van der Waals surface area contributed by atoms with Gasteiger partial charge in [0.05, 0.1) is 11.7 Å². The molecular weight excluding hydrogens is 280 g/mol. The SMILES string of the molecule is OC(CBr)c1cccc(C(F)(F)F)c1F. The molecule has 0 saturated carbocycles. The van der Waals surface area contributed by atoms with Crippen molar-refractivity contribution in [3.8, 4) is 0 Å². The molecule has 0 bridgehead atoms. The largest absolute Gasteiger partial charge is 0.419 e. The second-order valence-electron chi connectivity index (χ2n) is 2.88. The minimum atomic E-state index is -4.74. The van der Waals surface area contributed by atoms with Gasteiger partial charge in [-0.05, 0) is 6.07 Å². The van der Waals surface area contributed by atoms with Crippen LogP contribution in [0.2, 0.25) is 0 Å². The van der Waals surface area contributed by atoms with E-state index >= 15 is 0 Å². The minimum absolute atomic E-state index is 0.0226. The van der Waals surface area contributed by atoms with Crippen molar-refractivity contribution in [1.29, 1.82) is 0 Å². The zero-order valence-corrected chi connectivity index (χ0v) is 8.94. The summed E-state index contributed by atoms with van der Waals surface area (Å²) in [6, 6.07) is 2.82. The van der Waals surface area contributed by atoms with Crippen LogP contribution in [0.4, 0.5) is 17.6 Å². The number of benzene rings is 1. The highest BCUT2D eigenvalue weighted by molar-refractivity contribution is 9.09. The quantitative estimate of drug-likeness (QED) is 0.654. The fraction of sp³-hybridized carbons (Fsp3) is 0.333. The van der Waals surface area contributed by atoms with E-state index in [2.05, 4.69) is 15.9 Å². The first kappa shape index (κ1) is 12.4. The summed E-state index contributed by atoms with van der Waals surface area (Å²) in [7, 11) is 0. The molecule has 0 heterocycles. The molecule has 0 aliphatic rings. The number of rotatable bonds is 2. The predicted octanol–water partition coefficient (Wildman–Crippen LogP) is 3.27. The first-order chi connectivity index (χ1) is 6.88. The average Bonchev–Trinajstić information content (AvgIpc) is 2.15. The Morgan fingerprint density at radius 1 is 1.33 bits per heavy atom. The Morgan fingerprint density at radius 2 is 1.93 bits per heavy atom. The summed E-state index contributed by atoms with van der Waals surface area (Å²) in [6.07, 6.45) is -6.03. The van der Waals surface area contributed by atoms with E-state index < -0.39 is 23.7 Å². The zero-order valence-electron chi connectivity index (χ0n) is 7.35. The molecule has 0 saturated heterocycles. The highest BCUT2D eigenvalue weighted by atomic mass is 79.9. The number of hydrogen-bond acceptors (Lipinski definition) is 1. The minimum Gasteiger partial charge on any atom is -0.387 e. The van der Waals surface area contributed by atoms with Crippen molar-refractivity contribution in [2.75, 3.05) is 5.33 Å². The van der Waals surface area contributed by atoms with E-state index in [-0.39, 0.29) is 10.9 Å². The number of hydrogen-bond donors (Lipinski definition) is 1. The molecular formula is C9H7BrF4O. The van der Waals surface area contributed by atoms with Gasteiger partial charge in [-0.2, -0.15) is 13.2 Å². The van der Waals surface area contributed by atoms with Crippen LogP contribution in [0.1, 0.15) is 17.2 Å². The lowest BCUT2D eigenvalue weighted by molar-refractivity contribution is -0.140. The maximum Gasteiger partial charge on any atom is 0.419 e. The Kier molecular flexibility index (Phi) is 3.72. The molecule has 15 heavy (non-hydrogen) atoms. The highest BCUT2D eigenvalue weighted by Crippen LogP contribution is 2.34. The van der Waals surface area contributed by atoms with Gasteiger partial charge in [-0.15, -0.1) is 0 Å². The summed E-state index contributed by atoms with van der Waals surface area (Å²) in [4.78, 5) is 0. The Labute approximate surface area is 91.9 Å². The molecule has 84 valence electrons. The van der Waals surface area contributed by atoms with Crippen molar-refractivity contribution in [1.82, 2.24) is 0 Å². The van der Waals surface area contributed by atoms with Crippen LogP contribution in [0.25, 0.3) is 0 Å². The number of aliphatic hydroxyl groups is 1. The van der Waals surface area contributed by atoms with Gasteiger partial charge in [-0.3, -0.25) is 0 Å². The van der Waals surface area contributed by atoms with Gasteiger partial charge in [-0.1, -0.05) is 28.1 Å². The van der Waals surface area contributed by atoms with Gasteiger partial charge in [0, 0.05) is 10.9 Å². The monoisotopic (exact) mass is 286 g/mol. The van der Waals surface area contributed by atoms with Crippen molar-refractivity contribution in [3.63, 3.8) is 0 Å². The molecule has 1 aromatic rings. The van der Waals surface area contributed by atoms with Crippen LogP contribution < -0.4 is 0 Å². The van der Waals surface area contributed by atoms with Crippen LogP contribution in [0, 0.1) is 5.82 Å². The lowest BCUT2D eigenvalue weighted by atomic mass is 10.1. The molecule has 1 rings (SSSR count). The van der Waals surface area contributed by atoms with Gasteiger partial charge >= 0.3 is 6.18 Å². The molecule has 0 spiro atoms. The fourth-order valence-electron chi connectivity index (χ4n) is 1.11. The van der Waals surface area contributed by atoms with E-state index in [1.165, 1.54) is 0 Å². The Balaban J connectivity index is 3.23. The lowest BCUT2D eigenvalue weighted by Gasteiger charge is -2.13. The summed E-state index contributed by atoms with van der Waals surface area (Å²) in [5.74, 6) is -1.42. The van der Waals surface area contributed by atoms with Gasteiger partial charge in [0.2, 0.25) is 0 Å². The Bertz CT molecular complexity index is 350. The maximum absolute atomic E-state index is 13.3. The smallest absolute Gasteiger partial charge is 0.387 e. The highest BCUT2D eigenvalue weighted by Gasteiger charge is 2.35. The van der Waals surface area contributed by atoms with Crippen LogP contribution in [0.5, 0.6) is 0 Å². The normalized spacial score (nSPS) is 14.0. The fourth-order valence-corrected chi connectivity index (χ4v) is 1.46. The number of aliphatic hydroxyl groups excluding tert-OH is 1. The molecule has 1 aromatic carbocycles. The molecule has 0 radical (unpaired) electrons. The van der Waals surface area contributed by atoms with E-state index in [0.29, 0.717) is 6.07 Å². The molecule has 1 atom stereocenters. The third kappa shape index (κ3) is 2.69. The molecule has 0 fully saturated rings. The van der Waals surface area contributed by atoms with Gasteiger partial charge in [-0.25, -0.2) is 4.39 Å². The van der Waals surface area contributed by atoms with Gasteiger partial charge in [0.25, 0.3) is 0 Å². The van der Waals surface area contributed by atoms with Gasteiger partial charge in [0.1, 0.15) is 5.82 Å². The van der Waals surface area contributed by atoms with Crippen LogP contribution in [0.3, 0.4) is 0 Å². The molecule has 0 aliphatic carbocycles. The average molecular weight is 287 g/mol. The predicted molar refractivity (Wildman–Crippen MR) is 50.2 cm³/mol. The molecule has 1 unspecified atom stereocenters. The maximum atomic E-state index is 13.3. The zero-order chi connectivity index (χ0) is 11.6. The standard InChI is InChI=1S/C9H7BrF4O/c10-4-7(15)5-2-1-3-6(8(5)11)9(12,13)14/h1-3,7,15H,4H2. The van der Waals surface area contributed by atoms with Crippen molar-refractivity contribution < 1.29 is 22.7 Å².